The van der Waals surface area contributed by atoms with Gasteiger partial charge in [-0.25, -0.2) is 0 Å². The van der Waals surface area contributed by atoms with Crippen molar-refractivity contribution in [3.05, 3.63) is 0 Å². The number of carbonyl (C=O) groups is 1. The third kappa shape index (κ3) is 2.38. The number of piperazine rings is 1. The van der Waals surface area contributed by atoms with E-state index in [1.807, 2.05) is 4.90 Å². The Morgan fingerprint density at radius 3 is 2.33 bits per heavy atom. The zero-order chi connectivity index (χ0) is 8.97. The van der Waals surface area contributed by atoms with Crippen LogP contribution in [0.25, 0.3) is 0 Å². The van der Waals surface area contributed by atoms with Gasteiger partial charge in [-0.1, -0.05) is 6.92 Å². The fourth-order valence-electron chi connectivity index (χ4n) is 1.41. The molecule has 1 heterocycles. The molecule has 0 aromatic heterocycles. The van der Waals surface area contributed by atoms with Gasteiger partial charge in [0.2, 0.25) is 5.91 Å². The van der Waals surface area contributed by atoms with Crippen LogP contribution in [0.5, 0.6) is 0 Å². The van der Waals surface area contributed by atoms with E-state index in [1.54, 1.807) is 0 Å². The number of carbonyl (C=O) groups excluding carboxylic acids is 1. The Morgan fingerprint density at radius 2 is 1.92 bits per heavy atom. The first-order valence-corrected chi connectivity index (χ1v) is 5.02. The Hall–Kier alpha value is -0.220. The molecule has 1 rings (SSSR count). The summed E-state index contributed by atoms with van der Waals surface area (Å²) in [6, 6.07) is 0. The van der Waals surface area contributed by atoms with Crippen molar-refractivity contribution in [2.45, 2.75) is 6.92 Å². The van der Waals surface area contributed by atoms with Gasteiger partial charge in [0.1, 0.15) is 0 Å². The van der Waals surface area contributed by atoms with Crippen LogP contribution in [0.1, 0.15) is 6.92 Å². The van der Waals surface area contributed by atoms with Gasteiger partial charge in [0, 0.05) is 26.2 Å². The lowest BCUT2D eigenvalue weighted by Gasteiger charge is -2.33. The molecule has 1 aliphatic rings. The van der Waals surface area contributed by atoms with Crippen LogP contribution >= 0.6 is 12.6 Å². The van der Waals surface area contributed by atoms with Crippen molar-refractivity contribution in [1.82, 2.24) is 9.80 Å². The molecule has 1 fully saturated rings. The molecule has 70 valence electrons. The summed E-state index contributed by atoms with van der Waals surface area (Å²) in [5.74, 6) is 0.501. The summed E-state index contributed by atoms with van der Waals surface area (Å²) in [4.78, 5) is 15.4. The third-order valence-electron chi connectivity index (χ3n) is 2.31. The Labute approximate surface area is 79.1 Å². The maximum atomic E-state index is 11.2. The monoisotopic (exact) mass is 188 g/mol. The highest BCUT2D eigenvalue weighted by Crippen LogP contribution is 2.01. The molecule has 0 atom stereocenters. The number of hydrogen-bond acceptors (Lipinski definition) is 3. The first kappa shape index (κ1) is 9.86. The van der Waals surface area contributed by atoms with E-state index in [4.69, 9.17) is 0 Å². The summed E-state index contributed by atoms with van der Waals surface area (Å²) in [6.07, 6.45) is 0. The molecule has 0 radical (unpaired) electrons. The molecule has 0 N–H and O–H groups in total. The minimum absolute atomic E-state index is 0.161. The first-order chi connectivity index (χ1) is 5.77. The van der Waals surface area contributed by atoms with Crippen LogP contribution in [0.2, 0.25) is 0 Å². The fourth-order valence-corrected chi connectivity index (χ4v) is 1.61. The van der Waals surface area contributed by atoms with Crippen molar-refractivity contribution in [3.8, 4) is 0 Å². The van der Waals surface area contributed by atoms with Gasteiger partial charge >= 0.3 is 0 Å². The summed E-state index contributed by atoms with van der Waals surface area (Å²) in [5, 5.41) is 0. The molecule has 1 saturated heterocycles. The largest absolute Gasteiger partial charge is 0.339 e. The molecule has 0 bridgehead atoms. The Bertz CT molecular complexity index is 155. The Kier molecular flexibility index (Phi) is 3.88. The van der Waals surface area contributed by atoms with Crippen LogP contribution in [-0.2, 0) is 4.79 Å². The minimum Gasteiger partial charge on any atom is -0.339 e. The van der Waals surface area contributed by atoms with Gasteiger partial charge < -0.3 is 9.80 Å². The van der Waals surface area contributed by atoms with Gasteiger partial charge in [-0.15, -0.1) is 0 Å². The molecule has 1 amide bonds. The van der Waals surface area contributed by atoms with Gasteiger partial charge in [-0.05, 0) is 6.54 Å². The lowest BCUT2D eigenvalue weighted by atomic mass is 10.3. The van der Waals surface area contributed by atoms with Crippen LogP contribution < -0.4 is 0 Å². The summed E-state index contributed by atoms with van der Waals surface area (Å²) >= 11 is 3.97. The van der Waals surface area contributed by atoms with E-state index in [-0.39, 0.29) is 5.91 Å². The van der Waals surface area contributed by atoms with E-state index in [9.17, 15) is 4.79 Å². The van der Waals surface area contributed by atoms with Crippen molar-refractivity contribution < 1.29 is 4.79 Å². The van der Waals surface area contributed by atoms with Crippen molar-refractivity contribution in [3.63, 3.8) is 0 Å². The molecular weight excluding hydrogens is 172 g/mol. The highest BCUT2D eigenvalue weighted by atomic mass is 32.1. The Balaban J connectivity index is 2.30. The van der Waals surface area contributed by atoms with Crippen LogP contribution in [0, 0.1) is 0 Å². The number of nitrogens with zero attached hydrogens (tertiary/aromatic N) is 2. The SMILES string of the molecule is CCN1CCN(C(=O)CS)CC1. The molecule has 0 saturated carbocycles. The molecule has 12 heavy (non-hydrogen) atoms. The summed E-state index contributed by atoms with van der Waals surface area (Å²) < 4.78 is 0. The van der Waals surface area contributed by atoms with Crippen molar-refractivity contribution >= 4 is 18.5 Å². The van der Waals surface area contributed by atoms with Gasteiger partial charge in [0.25, 0.3) is 0 Å². The molecule has 0 aromatic rings. The van der Waals surface area contributed by atoms with E-state index >= 15 is 0 Å². The zero-order valence-electron chi connectivity index (χ0n) is 7.49. The molecule has 0 unspecified atom stereocenters. The van der Waals surface area contributed by atoms with Gasteiger partial charge in [-0.2, -0.15) is 12.6 Å². The predicted molar refractivity (Wildman–Crippen MR) is 52.5 cm³/mol. The number of likely N-dealkylation sites (N-methyl/N-ethyl adjacent to an activating group) is 1. The number of thiol groups is 1. The standard InChI is InChI=1S/C8H16N2OS/c1-2-9-3-5-10(6-4-9)8(11)7-12/h12H,2-7H2,1H3. The smallest absolute Gasteiger partial charge is 0.232 e. The quantitative estimate of drug-likeness (QED) is 0.620. The highest BCUT2D eigenvalue weighted by Gasteiger charge is 2.18. The van der Waals surface area contributed by atoms with Crippen LogP contribution in [-0.4, -0.2) is 54.2 Å². The van der Waals surface area contributed by atoms with Gasteiger partial charge in [0.15, 0.2) is 0 Å². The maximum absolute atomic E-state index is 11.2. The average molecular weight is 188 g/mol. The first-order valence-electron chi connectivity index (χ1n) is 4.39. The summed E-state index contributed by atoms with van der Waals surface area (Å²) in [7, 11) is 0. The fraction of sp³-hybridized carbons (Fsp3) is 0.875. The zero-order valence-corrected chi connectivity index (χ0v) is 8.39. The second-order valence-corrected chi connectivity index (χ2v) is 3.29. The van der Waals surface area contributed by atoms with E-state index in [0.717, 1.165) is 32.7 Å². The summed E-state index contributed by atoms with van der Waals surface area (Å²) in [5.41, 5.74) is 0. The second-order valence-electron chi connectivity index (χ2n) is 2.97. The maximum Gasteiger partial charge on any atom is 0.232 e. The Morgan fingerprint density at radius 1 is 1.33 bits per heavy atom. The van der Waals surface area contributed by atoms with Crippen molar-refractivity contribution in [2.24, 2.45) is 0 Å². The van der Waals surface area contributed by atoms with Crippen LogP contribution in [0.4, 0.5) is 0 Å². The number of amides is 1. The number of rotatable bonds is 2. The van der Waals surface area contributed by atoms with Crippen molar-refractivity contribution in [2.75, 3.05) is 38.5 Å². The normalized spacial score (nSPS) is 19.7. The molecule has 1 aliphatic heterocycles. The molecule has 0 spiro atoms. The molecular formula is C8H16N2OS. The number of hydrogen-bond donors (Lipinski definition) is 1. The van der Waals surface area contributed by atoms with E-state index in [2.05, 4.69) is 24.5 Å². The second kappa shape index (κ2) is 4.72. The lowest BCUT2D eigenvalue weighted by Crippen LogP contribution is -2.48. The molecule has 3 nitrogen and oxygen atoms in total. The van der Waals surface area contributed by atoms with E-state index < -0.39 is 0 Å². The predicted octanol–water partition coefficient (Wildman–Crippen LogP) is 0.0803. The van der Waals surface area contributed by atoms with Crippen LogP contribution in [0.15, 0.2) is 0 Å². The molecule has 0 aromatic carbocycles. The van der Waals surface area contributed by atoms with Crippen LogP contribution in [0.3, 0.4) is 0 Å². The third-order valence-corrected chi connectivity index (χ3v) is 2.58. The van der Waals surface area contributed by atoms with Gasteiger partial charge in [-0.3, -0.25) is 4.79 Å². The van der Waals surface area contributed by atoms with Crippen molar-refractivity contribution in [1.29, 1.82) is 0 Å². The molecule has 4 heteroatoms. The highest BCUT2D eigenvalue weighted by molar-refractivity contribution is 7.81. The lowest BCUT2D eigenvalue weighted by molar-refractivity contribution is -0.130. The van der Waals surface area contributed by atoms with E-state index in [0.29, 0.717) is 5.75 Å². The minimum atomic E-state index is 0.161. The topological polar surface area (TPSA) is 23.6 Å². The van der Waals surface area contributed by atoms with Gasteiger partial charge in [0.05, 0.1) is 5.75 Å². The average Bonchev–Trinajstić information content (AvgIpc) is 2.17. The summed E-state index contributed by atoms with van der Waals surface area (Å²) in [6.45, 7) is 6.99. The van der Waals surface area contributed by atoms with E-state index in [1.165, 1.54) is 0 Å². The molecule has 0 aliphatic carbocycles.